The topological polar surface area (TPSA) is 41.6 Å². The number of rotatable bonds is 5. The predicted molar refractivity (Wildman–Crippen MR) is 93.3 cm³/mol. The van der Waals surface area contributed by atoms with Crippen molar-refractivity contribution in [3.8, 4) is 0 Å². The molecule has 1 aromatic rings. The van der Waals surface area contributed by atoms with Crippen LogP contribution < -0.4 is 5.32 Å². The molecule has 1 heterocycles. The molecule has 1 amide bonds. The highest BCUT2D eigenvalue weighted by Crippen LogP contribution is 2.22. The average Bonchev–Trinajstić information content (AvgIpc) is 2.84. The number of ether oxygens (including phenoxy) is 1. The second-order valence-corrected chi connectivity index (χ2v) is 7.66. The van der Waals surface area contributed by atoms with Crippen LogP contribution in [0.25, 0.3) is 0 Å². The third kappa shape index (κ3) is 6.61. The van der Waals surface area contributed by atoms with Gasteiger partial charge in [-0.3, -0.25) is 4.90 Å². The lowest BCUT2D eigenvalue weighted by atomic mass is 10.0. The van der Waals surface area contributed by atoms with Gasteiger partial charge in [-0.2, -0.15) is 0 Å². The first-order valence-electron chi connectivity index (χ1n) is 8.57. The molecule has 1 aliphatic rings. The predicted octanol–water partition coefficient (Wildman–Crippen LogP) is 3.81. The van der Waals surface area contributed by atoms with E-state index in [-0.39, 0.29) is 12.1 Å². The van der Waals surface area contributed by atoms with E-state index in [4.69, 9.17) is 4.74 Å². The van der Waals surface area contributed by atoms with Crippen molar-refractivity contribution in [2.24, 2.45) is 5.92 Å². The van der Waals surface area contributed by atoms with Crippen LogP contribution in [0.3, 0.4) is 0 Å². The van der Waals surface area contributed by atoms with E-state index in [2.05, 4.69) is 47.5 Å². The summed E-state index contributed by atoms with van der Waals surface area (Å²) < 4.78 is 5.31. The smallest absolute Gasteiger partial charge is 0.407 e. The number of carbonyl (C=O) groups is 1. The van der Waals surface area contributed by atoms with E-state index in [1.165, 1.54) is 12.0 Å². The molecular weight excluding hydrogens is 288 g/mol. The summed E-state index contributed by atoms with van der Waals surface area (Å²) in [6, 6.07) is 10.7. The van der Waals surface area contributed by atoms with Crippen LogP contribution in [0.15, 0.2) is 30.3 Å². The van der Waals surface area contributed by atoms with Gasteiger partial charge in [0.25, 0.3) is 0 Å². The maximum Gasteiger partial charge on any atom is 0.407 e. The van der Waals surface area contributed by atoms with E-state index in [9.17, 15) is 4.79 Å². The van der Waals surface area contributed by atoms with Gasteiger partial charge < -0.3 is 10.1 Å². The van der Waals surface area contributed by atoms with Crippen LogP contribution in [-0.4, -0.2) is 35.7 Å². The van der Waals surface area contributed by atoms with Crippen LogP contribution in [0.5, 0.6) is 0 Å². The molecule has 2 atom stereocenters. The van der Waals surface area contributed by atoms with Crippen LogP contribution in [0.4, 0.5) is 4.79 Å². The summed E-state index contributed by atoms with van der Waals surface area (Å²) in [7, 11) is 0. The fraction of sp³-hybridized carbons (Fsp3) is 0.632. The highest BCUT2D eigenvalue weighted by molar-refractivity contribution is 5.68. The van der Waals surface area contributed by atoms with Crippen molar-refractivity contribution >= 4 is 6.09 Å². The van der Waals surface area contributed by atoms with Gasteiger partial charge in [0, 0.05) is 19.1 Å². The van der Waals surface area contributed by atoms with Gasteiger partial charge in [-0.25, -0.2) is 4.79 Å². The molecule has 1 aliphatic heterocycles. The van der Waals surface area contributed by atoms with Crippen molar-refractivity contribution in [2.45, 2.75) is 58.7 Å². The maximum atomic E-state index is 11.8. The number of benzene rings is 1. The van der Waals surface area contributed by atoms with Crippen molar-refractivity contribution in [1.82, 2.24) is 10.2 Å². The van der Waals surface area contributed by atoms with Crippen LogP contribution in [0, 0.1) is 5.92 Å². The van der Waals surface area contributed by atoms with Gasteiger partial charge in [0.1, 0.15) is 5.60 Å². The van der Waals surface area contributed by atoms with Crippen molar-refractivity contribution in [1.29, 1.82) is 0 Å². The van der Waals surface area contributed by atoms with Gasteiger partial charge in [0.15, 0.2) is 0 Å². The molecule has 1 fully saturated rings. The fourth-order valence-electron chi connectivity index (χ4n) is 3.16. The lowest BCUT2D eigenvalue weighted by molar-refractivity contribution is 0.0502. The molecule has 1 saturated heterocycles. The first kappa shape index (κ1) is 17.8. The molecular formula is C19H30N2O2. The Hall–Kier alpha value is -1.55. The van der Waals surface area contributed by atoms with Crippen molar-refractivity contribution < 1.29 is 9.53 Å². The summed E-state index contributed by atoms with van der Waals surface area (Å²) in [6.07, 6.45) is 1.89. The number of hydrogen-bond acceptors (Lipinski definition) is 3. The van der Waals surface area contributed by atoms with Gasteiger partial charge in [0.2, 0.25) is 0 Å². The molecule has 0 radical (unpaired) electrons. The van der Waals surface area contributed by atoms with Crippen LogP contribution >= 0.6 is 0 Å². The summed E-state index contributed by atoms with van der Waals surface area (Å²) >= 11 is 0. The first-order chi connectivity index (χ1) is 10.8. The lowest BCUT2D eigenvalue weighted by Gasteiger charge is -2.23. The molecule has 0 aromatic heterocycles. The van der Waals surface area contributed by atoms with Gasteiger partial charge in [-0.15, -0.1) is 0 Å². The summed E-state index contributed by atoms with van der Waals surface area (Å²) in [4.78, 5) is 14.3. The van der Waals surface area contributed by atoms with Crippen LogP contribution in [0.2, 0.25) is 0 Å². The Bertz CT molecular complexity index is 496. The first-order valence-corrected chi connectivity index (χ1v) is 8.57. The summed E-state index contributed by atoms with van der Waals surface area (Å²) in [5.74, 6) is 0.642. The molecule has 0 spiro atoms. The molecule has 0 aliphatic carbocycles. The van der Waals surface area contributed by atoms with Gasteiger partial charge in [-0.05, 0) is 58.6 Å². The van der Waals surface area contributed by atoms with E-state index in [0.717, 1.165) is 26.1 Å². The largest absolute Gasteiger partial charge is 0.444 e. The second kappa shape index (κ2) is 7.82. The molecule has 4 heteroatoms. The van der Waals surface area contributed by atoms with E-state index in [1.807, 2.05) is 20.8 Å². The molecule has 4 nitrogen and oxygen atoms in total. The van der Waals surface area contributed by atoms with Gasteiger partial charge in [0.05, 0.1) is 0 Å². The van der Waals surface area contributed by atoms with E-state index >= 15 is 0 Å². The quantitative estimate of drug-likeness (QED) is 0.897. The molecule has 0 saturated carbocycles. The van der Waals surface area contributed by atoms with Gasteiger partial charge in [-0.1, -0.05) is 30.3 Å². The van der Waals surface area contributed by atoms with Crippen molar-refractivity contribution in [2.75, 3.05) is 13.1 Å². The number of amides is 1. The number of carbonyl (C=O) groups excluding carboxylic acids is 1. The zero-order valence-corrected chi connectivity index (χ0v) is 14.8. The van der Waals surface area contributed by atoms with Crippen LogP contribution in [0.1, 0.15) is 46.1 Å². The standard InChI is InChI=1S/C19H30N2O2/c1-15(20-18(22)23-19(2,3)4)12-17-10-11-21(14-17)13-16-8-6-5-7-9-16/h5-9,15,17H,10-14H2,1-4H3,(H,20,22). The Kier molecular flexibility index (Phi) is 6.05. The number of likely N-dealkylation sites (tertiary alicyclic amines) is 1. The molecule has 128 valence electrons. The second-order valence-electron chi connectivity index (χ2n) is 7.66. The van der Waals surface area contributed by atoms with E-state index < -0.39 is 5.60 Å². The number of nitrogens with zero attached hydrogens (tertiary/aromatic N) is 1. The van der Waals surface area contributed by atoms with Crippen molar-refractivity contribution in [3.63, 3.8) is 0 Å². The average molecular weight is 318 g/mol. The minimum Gasteiger partial charge on any atom is -0.444 e. The van der Waals surface area contributed by atoms with E-state index in [0.29, 0.717) is 5.92 Å². The van der Waals surface area contributed by atoms with Crippen LogP contribution in [-0.2, 0) is 11.3 Å². The fourth-order valence-corrected chi connectivity index (χ4v) is 3.16. The summed E-state index contributed by atoms with van der Waals surface area (Å²) in [6.45, 7) is 11.0. The Morgan fingerprint density at radius 2 is 2.04 bits per heavy atom. The summed E-state index contributed by atoms with van der Waals surface area (Å²) in [5, 5.41) is 2.95. The minimum absolute atomic E-state index is 0.145. The number of nitrogens with one attached hydrogen (secondary N) is 1. The molecule has 1 N–H and O–H groups in total. The zero-order valence-electron chi connectivity index (χ0n) is 14.8. The Labute approximate surface area is 140 Å². The summed E-state index contributed by atoms with van der Waals surface area (Å²) in [5.41, 5.74) is 0.928. The molecule has 2 unspecified atom stereocenters. The zero-order chi connectivity index (χ0) is 16.9. The molecule has 0 bridgehead atoms. The van der Waals surface area contributed by atoms with Gasteiger partial charge >= 0.3 is 6.09 Å². The highest BCUT2D eigenvalue weighted by Gasteiger charge is 2.25. The number of alkyl carbamates (subject to hydrolysis) is 1. The lowest BCUT2D eigenvalue weighted by Crippen LogP contribution is -2.38. The maximum absolute atomic E-state index is 11.8. The van der Waals surface area contributed by atoms with E-state index in [1.54, 1.807) is 0 Å². The SMILES string of the molecule is CC(CC1CCN(Cc2ccccc2)C1)NC(=O)OC(C)(C)C. The third-order valence-electron chi connectivity index (χ3n) is 4.07. The van der Waals surface area contributed by atoms with Crippen molar-refractivity contribution in [3.05, 3.63) is 35.9 Å². The Balaban J connectivity index is 1.71. The molecule has 23 heavy (non-hydrogen) atoms. The third-order valence-corrected chi connectivity index (χ3v) is 4.07. The molecule has 2 rings (SSSR count). The Morgan fingerprint density at radius 3 is 2.70 bits per heavy atom. The molecule has 1 aromatic carbocycles. The monoisotopic (exact) mass is 318 g/mol. The Morgan fingerprint density at radius 1 is 1.35 bits per heavy atom. The highest BCUT2D eigenvalue weighted by atomic mass is 16.6. The normalized spacial score (nSPS) is 20.3. The number of hydrogen-bond donors (Lipinski definition) is 1. The minimum atomic E-state index is -0.441.